The molecule has 0 radical (unpaired) electrons. The van der Waals surface area contributed by atoms with Crippen molar-refractivity contribution in [1.29, 1.82) is 0 Å². The molecule has 0 saturated carbocycles. The number of sulfonamides is 1. The summed E-state index contributed by atoms with van der Waals surface area (Å²) in [6.45, 7) is 7.08. The number of hydrogen-bond donors (Lipinski definition) is 2. The van der Waals surface area contributed by atoms with Crippen molar-refractivity contribution in [2.75, 3.05) is 33.3 Å². The van der Waals surface area contributed by atoms with E-state index in [1.807, 2.05) is 13.8 Å². The number of hydrogen-bond acceptors (Lipinski definition) is 5. The second-order valence-corrected chi connectivity index (χ2v) is 9.32. The topological polar surface area (TPSA) is 95.9 Å². The zero-order valence-electron chi connectivity index (χ0n) is 16.5. The van der Waals surface area contributed by atoms with Crippen LogP contribution in [0.2, 0.25) is 0 Å². The molecule has 0 aromatic heterocycles. The van der Waals surface area contributed by atoms with Gasteiger partial charge in [0.2, 0.25) is 10.0 Å². The van der Waals surface area contributed by atoms with Gasteiger partial charge in [-0.3, -0.25) is 4.79 Å². The average molecular weight is 399 g/mol. The molecule has 152 valence electrons. The van der Waals surface area contributed by atoms with Crippen LogP contribution in [0.15, 0.2) is 17.0 Å². The second-order valence-electron chi connectivity index (χ2n) is 7.41. The van der Waals surface area contributed by atoms with Crippen LogP contribution in [-0.2, 0) is 14.8 Å². The molecule has 1 aromatic rings. The Labute approximate surface area is 161 Å². The fraction of sp³-hybridized carbons (Fsp3) is 0.632. The number of piperidine rings is 1. The van der Waals surface area contributed by atoms with Crippen LogP contribution >= 0.6 is 0 Å². The van der Waals surface area contributed by atoms with Crippen LogP contribution < -0.4 is 10.1 Å². The van der Waals surface area contributed by atoms with E-state index in [9.17, 15) is 13.2 Å². The summed E-state index contributed by atoms with van der Waals surface area (Å²) < 4.78 is 33.5. The molecule has 1 atom stereocenters. The number of benzene rings is 1. The summed E-state index contributed by atoms with van der Waals surface area (Å²) in [5.74, 6) is 0.0426. The fourth-order valence-electron chi connectivity index (χ4n) is 3.52. The standard InChI is InChI=1S/C19H30N2O5S/c1-13(2)16-9-18(14(3)8-17(16)26-4)27(24,25)21-7-5-6-15(12-21)10-20-11-19(22)23/h8-9,13,15,20H,5-7,10-12H2,1-4H3,(H,22,23). The van der Waals surface area contributed by atoms with E-state index in [0.717, 1.165) is 18.4 Å². The summed E-state index contributed by atoms with van der Waals surface area (Å²) in [6, 6.07) is 3.53. The van der Waals surface area contributed by atoms with Crippen molar-refractivity contribution in [2.45, 2.75) is 44.4 Å². The third-order valence-corrected chi connectivity index (χ3v) is 6.97. The molecule has 1 fully saturated rings. The Kier molecular flexibility index (Phi) is 7.25. The quantitative estimate of drug-likeness (QED) is 0.697. The van der Waals surface area contributed by atoms with Crippen LogP contribution in [-0.4, -0.2) is 57.1 Å². The average Bonchev–Trinajstić information content (AvgIpc) is 2.60. The lowest BCUT2D eigenvalue weighted by Gasteiger charge is -2.32. The molecule has 2 N–H and O–H groups in total. The molecule has 1 heterocycles. The van der Waals surface area contributed by atoms with Gasteiger partial charge in [-0.05, 0) is 61.4 Å². The first-order valence-corrected chi connectivity index (χ1v) is 10.7. The number of nitrogens with one attached hydrogen (secondary N) is 1. The van der Waals surface area contributed by atoms with Crippen molar-refractivity contribution in [3.63, 3.8) is 0 Å². The van der Waals surface area contributed by atoms with Crippen molar-refractivity contribution >= 4 is 16.0 Å². The maximum absolute atomic E-state index is 13.3. The van der Waals surface area contributed by atoms with E-state index < -0.39 is 16.0 Å². The van der Waals surface area contributed by atoms with E-state index in [1.165, 1.54) is 4.31 Å². The minimum atomic E-state index is -3.61. The van der Waals surface area contributed by atoms with Gasteiger partial charge in [0.25, 0.3) is 0 Å². The zero-order valence-corrected chi connectivity index (χ0v) is 17.3. The predicted molar refractivity (Wildman–Crippen MR) is 104 cm³/mol. The highest BCUT2D eigenvalue weighted by molar-refractivity contribution is 7.89. The van der Waals surface area contributed by atoms with Crippen LogP contribution in [0.3, 0.4) is 0 Å². The fourth-order valence-corrected chi connectivity index (χ4v) is 5.31. The summed E-state index contributed by atoms with van der Waals surface area (Å²) >= 11 is 0. The normalized spacial score (nSPS) is 18.6. The maximum atomic E-state index is 13.3. The Balaban J connectivity index is 2.24. The Hall–Kier alpha value is -1.64. The molecule has 2 rings (SSSR count). The summed E-state index contributed by atoms with van der Waals surface area (Å²) in [5, 5.41) is 11.6. The molecule has 7 nitrogen and oxygen atoms in total. The van der Waals surface area contributed by atoms with E-state index in [1.54, 1.807) is 26.2 Å². The highest BCUT2D eigenvalue weighted by Crippen LogP contribution is 2.33. The van der Waals surface area contributed by atoms with E-state index >= 15 is 0 Å². The van der Waals surface area contributed by atoms with Gasteiger partial charge in [0, 0.05) is 13.1 Å². The van der Waals surface area contributed by atoms with E-state index in [0.29, 0.717) is 35.8 Å². The smallest absolute Gasteiger partial charge is 0.317 e. The Morgan fingerprint density at radius 2 is 2.11 bits per heavy atom. The molecule has 1 aliphatic heterocycles. The first-order chi connectivity index (χ1) is 12.7. The Morgan fingerprint density at radius 3 is 2.70 bits per heavy atom. The van der Waals surface area contributed by atoms with Crippen LogP contribution in [0.25, 0.3) is 0 Å². The van der Waals surface area contributed by atoms with Crippen molar-refractivity contribution in [1.82, 2.24) is 9.62 Å². The van der Waals surface area contributed by atoms with Gasteiger partial charge in [-0.15, -0.1) is 0 Å². The van der Waals surface area contributed by atoms with Crippen LogP contribution in [0.4, 0.5) is 0 Å². The first kappa shape index (κ1) is 21.7. The van der Waals surface area contributed by atoms with Gasteiger partial charge in [-0.1, -0.05) is 13.8 Å². The Bertz CT molecular complexity index is 777. The van der Waals surface area contributed by atoms with Crippen molar-refractivity contribution in [3.05, 3.63) is 23.3 Å². The molecule has 1 aliphatic rings. The van der Waals surface area contributed by atoms with Crippen LogP contribution in [0.1, 0.15) is 43.7 Å². The molecule has 1 unspecified atom stereocenters. The lowest BCUT2D eigenvalue weighted by Crippen LogP contribution is -2.43. The summed E-state index contributed by atoms with van der Waals surface area (Å²) in [4.78, 5) is 11.0. The largest absolute Gasteiger partial charge is 0.496 e. The van der Waals surface area contributed by atoms with E-state index in [-0.39, 0.29) is 18.4 Å². The minimum absolute atomic E-state index is 0.107. The second kappa shape index (κ2) is 9.03. The van der Waals surface area contributed by atoms with Gasteiger partial charge >= 0.3 is 5.97 Å². The number of carbonyl (C=O) groups is 1. The van der Waals surface area contributed by atoms with Gasteiger partial charge in [-0.2, -0.15) is 4.31 Å². The summed E-state index contributed by atoms with van der Waals surface area (Å²) in [6.07, 6.45) is 1.66. The zero-order chi connectivity index (χ0) is 20.2. The number of carboxylic acids is 1. The number of aryl methyl sites for hydroxylation is 1. The lowest BCUT2D eigenvalue weighted by atomic mass is 10.00. The molecule has 1 saturated heterocycles. The highest BCUT2D eigenvalue weighted by atomic mass is 32.2. The molecule has 0 bridgehead atoms. The summed E-state index contributed by atoms with van der Waals surface area (Å²) in [7, 11) is -2.02. The SMILES string of the molecule is COc1cc(C)c(S(=O)(=O)N2CCCC(CNCC(=O)O)C2)cc1C(C)C. The van der Waals surface area contributed by atoms with Gasteiger partial charge in [-0.25, -0.2) is 8.42 Å². The number of aliphatic carboxylic acids is 1. The van der Waals surface area contributed by atoms with Gasteiger partial charge in [0.05, 0.1) is 18.6 Å². The summed E-state index contributed by atoms with van der Waals surface area (Å²) in [5.41, 5.74) is 1.54. The maximum Gasteiger partial charge on any atom is 0.317 e. The number of ether oxygens (including phenoxy) is 1. The third kappa shape index (κ3) is 5.21. The van der Waals surface area contributed by atoms with E-state index in [4.69, 9.17) is 9.84 Å². The highest BCUT2D eigenvalue weighted by Gasteiger charge is 2.32. The monoisotopic (exact) mass is 398 g/mol. The first-order valence-electron chi connectivity index (χ1n) is 9.28. The molecular formula is C19H30N2O5S. The number of nitrogens with zero attached hydrogens (tertiary/aromatic N) is 1. The van der Waals surface area contributed by atoms with Crippen molar-refractivity contribution in [2.24, 2.45) is 5.92 Å². The van der Waals surface area contributed by atoms with Gasteiger partial charge in [0.1, 0.15) is 5.75 Å². The lowest BCUT2D eigenvalue weighted by molar-refractivity contribution is -0.136. The Morgan fingerprint density at radius 1 is 1.41 bits per heavy atom. The molecule has 27 heavy (non-hydrogen) atoms. The molecular weight excluding hydrogens is 368 g/mol. The van der Waals surface area contributed by atoms with Crippen molar-refractivity contribution in [3.8, 4) is 5.75 Å². The van der Waals surface area contributed by atoms with Crippen LogP contribution in [0.5, 0.6) is 5.75 Å². The third-order valence-electron chi connectivity index (χ3n) is 4.96. The van der Waals surface area contributed by atoms with Gasteiger partial charge < -0.3 is 15.2 Å². The van der Waals surface area contributed by atoms with Crippen molar-refractivity contribution < 1.29 is 23.1 Å². The van der Waals surface area contributed by atoms with Crippen LogP contribution in [0, 0.1) is 12.8 Å². The number of carboxylic acid groups (broad SMARTS) is 1. The number of rotatable bonds is 8. The molecule has 0 amide bonds. The predicted octanol–water partition coefficient (Wildman–Crippen LogP) is 2.20. The van der Waals surface area contributed by atoms with E-state index in [2.05, 4.69) is 5.32 Å². The number of methoxy groups -OCH3 is 1. The molecule has 8 heteroatoms. The van der Waals surface area contributed by atoms with Gasteiger partial charge in [0.15, 0.2) is 0 Å². The molecule has 0 spiro atoms. The molecule has 1 aromatic carbocycles. The molecule has 0 aliphatic carbocycles. The minimum Gasteiger partial charge on any atom is -0.496 e.